The smallest absolute Gasteiger partial charge is 0.257 e. The van der Waals surface area contributed by atoms with Crippen molar-refractivity contribution in [2.24, 2.45) is 7.05 Å². The average Bonchev–Trinajstić information content (AvgIpc) is 2.85. The lowest BCUT2D eigenvalue weighted by atomic mass is 10.2. The third kappa shape index (κ3) is 2.40. The molecular weight excluding hydrogens is 244 g/mol. The summed E-state index contributed by atoms with van der Waals surface area (Å²) in [6, 6.07) is 7.14. The molecule has 5 nitrogen and oxygen atoms in total. The minimum atomic E-state index is -0.141. The van der Waals surface area contributed by atoms with Gasteiger partial charge in [-0.25, -0.2) is 0 Å². The van der Waals surface area contributed by atoms with E-state index in [1.807, 2.05) is 17.8 Å². The van der Waals surface area contributed by atoms with Gasteiger partial charge < -0.3 is 19.4 Å². The van der Waals surface area contributed by atoms with Gasteiger partial charge in [0.15, 0.2) is 11.5 Å². The summed E-state index contributed by atoms with van der Waals surface area (Å²) in [7, 11) is 1.88. The maximum absolute atomic E-state index is 12.0. The monoisotopic (exact) mass is 258 g/mol. The number of rotatable bonds is 2. The number of nitrogens with one attached hydrogen (secondary N) is 1. The number of hydrogen-bond donors (Lipinski definition) is 1. The molecule has 1 aromatic heterocycles. The van der Waals surface area contributed by atoms with Gasteiger partial charge in [-0.3, -0.25) is 4.79 Å². The number of nitrogens with zero attached hydrogens (tertiary/aromatic N) is 1. The van der Waals surface area contributed by atoms with Crippen molar-refractivity contribution in [2.45, 2.75) is 0 Å². The first-order chi connectivity index (χ1) is 9.22. The number of carbonyl (C=O) groups is 1. The van der Waals surface area contributed by atoms with Crippen LogP contribution in [0.2, 0.25) is 0 Å². The lowest BCUT2D eigenvalue weighted by molar-refractivity contribution is 0.102. The van der Waals surface area contributed by atoms with Gasteiger partial charge in [-0.1, -0.05) is 0 Å². The van der Waals surface area contributed by atoms with Crippen LogP contribution in [0, 0.1) is 0 Å². The molecule has 0 saturated carbocycles. The summed E-state index contributed by atoms with van der Waals surface area (Å²) in [5.41, 5.74) is 1.32. The van der Waals surface area contributed by atoms with E-state index < -0.39 is 0 Å². The second-order valence-electron chi connectivity index (χ2n) is 4.38. The van der Waals surface area contributed by atoms with Crippen LogP contribution in [0.1, 0.15) is 10.4 Å². The Kier molecular flexibility index (Phi) is 2.87. The highest BCUT2D eigenvalue weighted by Gasteiger charge is 2.13. The van der Waals surface area contributed by atoms with E-state index in [9.17, 15) is 4.79 Å². The van der Waals surface area contributed by atoms with Crippen molar-refractivity contribution in [1.29, 1.82) is 0 Å². The number of carbonyl (C=O) groups excluding carboxylic acids is 1. The Bertz CT molecular complexity index is 619. The first kappa shape index (κ1) is 11.6. The van der Waals surface area contributed by atoms with Gasteiger partial charge in [0, 0.05) is 31.2 Å². The molecule has 1 aliphatic heterocycles. The average molecular weight is 258 g/mol. The molecule has 0 radical (unpaired) electrons. The van der Waals surface area contributed by atoms with Crippen molar-refractivity contribution in [1.82, 2.24) is 4.57 Å². The largest absolute Gasteiger partial charge is 0.486 e. The third-order valence-corrected chi connectivity index (χ3v) is 2.89. The minimum Gasteiger partial charge on any atom is -0.486 e. The SMILES string of the molecule is Cn1ccc(C(=O)Nc2ccc3c(c2)OCCO3)c1. The highest BCUT2D eigenvalue weighted by Crippen LogP contribution is 2.32. The van der Waals surface area contributed by atoms with Gasteiger partial charge in [-0.05, 0) is 18.2 Å². The van der Waals surface area contributed by atoms with Crippen LogP contribution in [-0.4, -0.2) is 23.7 Å². The van der Waals surface area contributed by atoms with Crippen molar-refractivity contribution in [3.8, 4) is 11.5 Å². The van der Waals surface area contributed by atoms with Gasteiger partial charge in [0.05, 0.1) is 5.56 Å². The summed E-state index contributed by atoms with van der Waals surface area (Å²) in [6.45, 7) is 1.09. The Morgan fingerprint density at radius 2 is 2.00 bits per heavy atom. The molecular formula is C14H14N2O3. The molecule has 0 bridgehead atoms. The van der Waals surface area contributed by atoms with Gasteiger partial charge >= 0.3 is 0 Å². The minimum absolute atomic E-state index is 0.141. The zero-order chi connectivity index (χ0) is 13.2. The molecule has 0 fully saturated rings. The molecule has 2 aromatic rings. The van der Waals surface area contributed by atoms with E-state index in [-0.39, 0.29) is 5.91 Å². The number of aromatic nitrogens is 1. The van der Waals surface area contributed by atoms with E-state index in [4.69, 9.17) is 9.47 Å². The van der Waals surface area contributed by atoms with Gasteiger partial charge in [-0.15, -0.1) is 0 Å². The molecule has 0 atom stereocenters. The van der Waals surface area contributed by atoms with E-state index in [0.717, 1.165) is 0 Å². The van der Waals surface area contributed by atoms with Crippen molar-refractivity contribution in [3.63, 3.8) is 0 Å². The van der Waals surface area contributed by atoms with E-state index in [1.165, 1.54) is 0 Å². The Hall–Kier alpha value is -2.43. The summed E-state index contributed by atoms with van der Waals surface area (Å²) >= 11 is 0. The lowest BCUT2D eigenvalue weighted by Crippen LogP contribution is -2.16. The molecule has 1 N–H and O–H groups in total. The Morgan fingerprint density at radius 1 is 1.21 bits per heavy atom. The Labute approximate surface area is 110 Å². The molecule has 2 heterocycles. The van der Waals surface area contributed by atoms with Gasteiger partial charge in [0.25, 0.3) is 5.91 Å². The normalized spacial score (nSPS) is 13.1. The van der Waals surface area contributed by atoms with Crippen molar-refractivity contribution >= 4 is 11.6 Å². The predicted octanol–water partition coefficient (Wildman–Crippen LogP) is 2.05. The second-order valence-corrected chi connectivity index (χ2v) is 4.38. The summed E-state index contributed by atoms with van der Waals surface area (Å²) in [5.74, 6) is 1.23. The zero-order valence-electron chi connectivity index (χ0n) is 10.6. The summed E-state index contributed by atoms with van der Waals surface area (Å²) in [4.78, 5) is 12.0. The number of fused-ring (bicyclic) bond motifs is 1. The first-order valence-electron chi connectivity index (χ1n) is 6.05. The van der Waals surface area contributed by atoms with Crippen molar-refractivity contribution in [2.75, 3.05) is 18.5 Å². The second kappa shape index (κ2) is 4.68. The fourth-order valence-corrected chi connectivity index (χ4v) is 1.96. The van der Waals surface area contributed by atoms with Crippen LogP contribution in [0.3, 0.4) is 0 Å². The fourth-order valence-electron chi connectivity index (χ4n) is 1.96. The van der Waals surface area contributed by atoms with Gasteiger partial charge in [-0.2, -0.15) is 0 Å². The molecule has 0 saturated heterocycles. The molecule has 0 spiro atoms. The quantitative estimate of drug-likeness (QED) is 0.897. The van der Waals surface area contributed by atoms with Crippen molar-refractivity contribution in [3.05, 3.63) is 42.2 Å². The van der Waals surface area contributed by atoms with Crippen molar-refractivity contribution < 1.29 is 14.3 Å². The van der Waals surface area contributed by atoms with Gasteiger partial charge in [0.2, 0.25) is 0 Å². The number of anilines is 1. The predicted molar refractivity (Wildman–Crippen MR) is 70.8 cm³/mol. The molecule has 1 aromatic carbocycles. The maximum Gasteiger partial charge on any atom is 0.257 e. The van der Waals surface area contributed by atoms with Crippen LogP contribution in [0.15, 0.2) is 36.7 Å². The standard InChI is InChI=1S/C14H14N2O3/c1-16-5-4-10(9-16)14(17)15-11-2-3-12-13(8-11)19-7-6-18-12/h2-5,8-9H,6-7H2,1H3,(H,15,17). The van der Waals surface area contributed by atoms with Gasteiger partial charge in [0.1, 0.15) is 13.2 Å². The van der Waals surface area contributed by atoms with E-state index in [0.29, 0.717) is 36.0 Å². The third-order valence-electron chi connectivity index (χ3n) is 2.89. The molecule has 5 heteroatoms. The highest BCUT2D eigenvalue weighted by atomic mass is 16.6. The maximum atomic E-state index is 12.0. The number of amides is 1. The van der Waals surface area contributed by atoms with Crippen LogP contribution in [0.5, 0.6) is 11.5 Å². The number of ether oxygens (including phenoxy) is 2. The van der Waals surface area contributed by atoms with Crippen LogP contribution < -0.4 is 14.8 Å². The fraction of sp³-hybridized carbons (Fsp3) is 0.214. The lowest BCUT2D eigenvalue weighted by Gasteiger charge is -2.18. The summed E-state index contributed by atoms with van der Waals surface area (Å²) in [5, 5.41) is 2.83. The van der Waals surface area contributed by atoms with E-state index in [2.05, 4.69) is 5.32 Å². The molecule has 98 valence electrons. The highest BCUT2D eigenvalue weighted by molar-refractivity contribution is 6.04. The Balaban J connectivity index is 1.78. The molecule has 1 aliphatic rings. The number of hydrogen-bond acceptors (Lipinski definition) is 3. The van der Waals surface area contributed by atoms with E-state index >= 15 is 0 Å². The molecule has 19 heavy (non-hydrogen) atoms. The molecule has 3 rings (SSSR count). The molecule has 0 aliphatic carbocycles. The zero-order valence-corrected chi connectivity index (χ0v) is 10.6. The van der Waals surface area contributed by atoms with Crippen LogP contribution in [0.25, 0.3) is 0 Å². The van der Waals surface area contributed by atoms with Crippen LogP contribution in [-0.2, 0) is 7.05 Å². The van der Waals surface area contributed by atoms with Crippen LogP contribution in [0.4, 0.5) is 5.69 Å². The summed E-state index contributed by atoms with van der Waals surface area (Å²) in [6.07, 6.45) is 3.60. The topological polar surface area (TPSA) is 52.5 Å². The first-order valence-corrected chi connectivity index (χ1v) is 6.05. The number of benzene rings is 1. The van der Waals surface area contributed by atoms with Crippen LogP contribution >= 0.6 is 0 Å². The molecule has 0 unspecified atom stereocenters. The summed E-state index contributed by atoms with van der Waals surface area (Å²) < 4.78 is 12.7. The molecule has 1 amide bonds. The van der Waals surface area contributed by atoms with E-state index in [1.54, 1.807) is 30.5 Å². The number of aryl methyl sites for hydroxylation is 1. The Morgan fingerprint density at radius 3 is 2.74 bits per heavy atom.